The van der Waals surface area contributed by atoms with Gasteiger partial charge in [0.15, 0.2) is 5.76 Å². The number of furan rings is 1. The van der Waals surface area contributed by atoms with Crippen molar-refractivity contribution in [1.29, 1.82) is 0 Å². The molecule has 1 aromatic heterocycles. The molecule has 1 rings (SSSR count). The van der Waals surface area contributed by atoms with Crippen LogP contribution in [0.3, 0.4) is 0 Å². The van der Waals surface area contributed by atoms with Gasteiger partial charge in [-0.15, -0.1) is 0 Å². The van der Waals surface area contributed by atoms with Crippen LogP contribution in [0, 0.1) is 0 Å². The minimum absolute atomic E-state index is 0.176. The Morgan fingerprint density at radius 1 is 1.56 bits per heavy atom. The zero-order valence-corrected chi connectivity index (χ0v) is 9.36. The molecule has 5 nitrogen and oxygen atoms in total. The third-order valence-corrected chi connectivity index (χ3v) is 1.89. The Balaban J connectivity index is 2.42. The molecule has 0 saturated heterocycles. The van der Waals surface area contributed by atoms with E-state index in [-0.39, 0.29) is 5.76 Å². The zero-order chi connectivity index (χ0) is 12.0. The van der Waals surface area contributed by atoms with Gasteiger partial charge in [-0.25, -0.2) is 4.79 Å². The van der Waals surface area contributed by atoms with E-state index in [1.807, 2.05) is 6.92 Å². The Bertz CT molecular complexity index is 345. The summed E-state index contributed by atoms with van der Waals surface area (Å²) >= 11 is 0. The molecule has 0 aliphatic heterocycles. The van der Waals surface area contributed by atoms with Gasteiger partial charge in [-0.3, -0.25) is 4.79 Å². The second kappa shape index (κ2) is 5.95. The van der Waals surface area contributed by atoms with Crippen molar-refractivity contribution >= 4 is 11.9 Å². The van der Waals surface area contributed by atoms with Crippen LogP contribution in [0.15, 0.2) is 22.8 Å². The molecule has 0 fully saturated rings. The van der Waals surface area contributed by atoms with E-state index < -0.39 is 17.9 Å². The molecular weight excluding hydrogens is 210 g/mol. The van der Waals surface area contributed by atoms with Gasteiger partial charge in [-0.05, 0) is 25.5 Å². The molecule has 5 heteroatoms. The van der Waals surface area contributed by atoms with Crippen molar-refractivity contribution in [1.82, 2.24) is 5.32 Å². The van der Waals surface area contributed by atoms with Crippen molar-refractivity contribution in [2.45, 2.75) is 26.3 Å². The molecule has 0 aliphatic carbocycles. The number of hydrogen-bond donors (Lipinski definition) is 1. The van der Waals surface area contributed by atoms with Crippen LogP contribution < -0.4 is 5.32 Å². The van der Waals surface area contributed by atoms with Gasteiger partial charge in [0.05, 0.1) is 12.9 Å². The molecule has 1 amide bonds. The SMILES string of the molecule is CCCOC(=O)[C@@H](C)NC(=O)c1ccco1. The summed E-state index contributed by atoms with van der Waals surface area (Å²) in [5.74, 6) is -0.692. The highest BCUT2D eigenvalue weighted by Crippen LogP contribution is 2.00. The number of esters is 1. The highest BCUT2D eigenvalue weighted by atomic mass is 16.5. The lowest BCUT2D eigenvalue weighted by atomic mass is 10.3. The number of hydrogen-bond acceptors (Lipinski definition) is 4. The van der Waals surface area contributed by atoms with Gasteiger partial charge in [0, 0.05) is 0 Å². The van der Waals surface area contributed by atoms with E-state index in [0.717, 1.165) is 6.42 Å². The maximum absolute atomic E-state index is 11.5. The number of carbonyl (C=O) groups excluding carboxylic acids is 2. The lowest BCUT2D eigenvalue weighted by Crippen LogP contribution is -2.39. The molecule has 1 atom stereocenters. The van der Waals surface area contributed by atoms with E-state index in [9.17, 15) is 9.59 Å². The third-order valence-electron chi connectivity index (χ3n) is 1.89. The van der Waals surface area contributed by atoms with Crippen molar-refractivity contribution in [3.05, 3.63) is 24.2 Å². The van der Waals surface area contributed by atoms with Gasteiger partial charge in [-0.2, -0.15) is 0 Å². The molecule has 88 valence electrons. The maximum atomic E-state index is 11.5. The molecule has 0 saturated carbocycles. The Kier molecular flexibility index (Phi) is 4.57. The van der Waals surface area contributed by atoms with Crippen LogP contribution in [0.5, 0.6) is 0 Å². The molecule has 0 bridgehead atoms. The first-order chi connectivity index (χ1) is 7.65. The molecular formula is C11H15NO4. The van der Waals surface area contributed by atoms with Crippen molar-refractivity contribution in [3.63, 3.8) is 0 Å². The molecule has 1 heterocycles. The first-order valence-electron chi connectivity index (χ1n) is 5.16. The summed E-state index contributed by atoms with van der Waals surface area (Å²) in [5, 5.41) is 2.48. The lowest BCUT2D eigenvalue weighted by Gasteiger charge is -2.11. The van der Waals surface area contributed by atoms with E-state index in [1.54, 1.807) is 13.0 Å². The number of ether oxygens (including phenoxy) is 1. The highest BCUT2D eigenvalue weighted by Gasteiger charge is 2.18. The fourth-order valence-corrected chi connectivity index (χ4v) is 1.06. The second-order valence-corrected chi connectivity index (χ2v) is 3.34. The van der Waals surface area contributed by atoms with Crippen LogP contribution in [0.25, 0.3) is 0 Å². The Morgan fingerprint density at radius 3 is 2.88 bits per heavy atom. The topological polar surface area (TPSA) is 68.5 Å². The molecule has 0 aromatic carbocycles. The van der Waals surface area contributed by atoms with Crippen molar-refractivity contribution in [2.24, 2.45) is 0 Å². The molecule has 0 radical (unpaired) electrons. The molecule has 0 unspecified atom stereocenters. The lowest BCUT2D eigenvalue weighted by molar-refractivity contribution is -0.145. The minimum Gasteiger partial charge on any atom is -0.464 e. The van der Waals surface area contributed by atoms with Crippen molar-refractivity contribution < 1.29 is 18.7 Å². The largest absolute Gasteiger partial charge is 0.464 e. The number of amides is 1. The summed E-state index contributed by atoms with van der Waals surface area (Å²) in [6, 6.07) is 2.46. The van der Waals surface area contributed by atoms with Crippen LogP contribution in [-0.4, -0.2) is 24.5 Å². The summed E-state index contributed by atoms with van der Waals surface area (Å²) in [4.78, 5) is 22.8. The zero-order valence-electron chi connectivity index (χ0n) is 9.36. The Morgan fingerprint density at radius 2 is 2.31 bits per heavy atom. The highest BCUT2D eigenvalue weighted by molar-refractivity contribution is 5.94. The van der Waals surface area contributed by atoms with E-state index >= 15 is 0 Å². The fraction of sp³-hybridized carbons (Fsp3) is 0.455. The summed E-state index contributed by atoms with van der Waals surface area (Å²) < 4.78 is 9.78. The third kappa shape index (κ3) is 3.42. The predicted octanol–water partition coefficient (Wildman–Crippen LogP) is 1.35. The second-order valence-electron chi connectivity index (χ2n) is 3.34. The monoisotopic (exact) mass is 225 g/mol. The molecule has 0 aliphatic rings. The van der Waals surface area contributed by atoms with Gasteiger partial charge < -0.3 is 14.5 Å². The van der Waals surface area contributed by atoms with E-state index in [1.165, 1.54) is 12.3 Å². The van der Waals surface area contributed by atoms with Crippen molar-refractivity contribution in [3.8, 4) is 0 Å². The van der Waals surface area contributed by atoms with Crippen LogP contribution >= 0.6 is 0 Å². The van der Waals surface area contributed by atoms with E-state index in [4.69, 9.17) is 9.15 Å². The van der Waals surface area contributed by atoms with Crippen molar-refractivity contribution in [2.75, 3.05) is 6.61 Å². The van der Waals surface area contributed by atoms with Crippen LogP contribution in [0.2, 0.25) is 0 Å². The first-order valence-corrected chi connectivity index (χ1v) is 5.16. The summed E-state index contributed by atoms with van der Waals surface area (Å²) in [6.45, 7) is 3.83. The van der Waals surface area contributed by atoms with Gasteiger partial charge in [0.1, 0.15) is 6.04 Å². The smallest absolute Gasteiger partial charge is 0.328 e. The molecule has 1 N–H and O–H groups in total. The molecule has 0 spiro atoms. The van der Waals surface area contributed by atoms with Crippen LogP contribution in [-0.2, 0) is 9.53 Å². The van der Waals surface area contributed by atoms with Gasteiger partial charge in [-0.1, -0.05) is 6.92 Å². The molecule has 16 heavy (non-hydrogen) atoms. The Labute approximate surface area is 93.8 Å². The van der Waals surface area contributed by atoms with E-state index in [0.29, 0.717) is 6.61 Å². The summed E-state index contributed by atoms with van der Waals surface area (Å²) in [6.07, 6.45) is 2.15. The number of carbonyl (C=O) groups is 2. The number of nitrogens with one attached hydrogen (secondary N) is 1. The minimum atomic E-state index is -0.677. The summed E-state index contributed by atoms with van der Waals surface area (Å²) in [7, 11) is 0. The quantitative estimate of drug-likeness (QED) is 0.768. The molecule has 1 aromatic rings. The van der Waals surface area contributed by atoms with Gasteiger partial charge in [0.25, 0.3) is 5.91 Å². The average molecular weight is 225 g/mol. The first kappa shape index (κ1) is 12.3. The fourth-order valence-electron chi connectivity index (χ4n) is 1.06. The van der Waals surface area contributed by atoms with Crippen LogP contribution in [0.4, 0.5) is 0 Å². The number of rotatable bonds is 5. The van der Waals surface area contributed by atoms with E-state index in [2.05, 4.69) is 5.32 Å². The summed E-state index contributed by atoms with van der Waals surface area (Å²) in [5.41, 5.74) is 0. The van der Waals surface area contributed by atoms with Gasteiger partial charge in [0.2, 0.25) is 0 Å². The van der Waals surface area contributed by atoms with Gasteiger partial charge >= 0.3 is 5.97 Å². The maximum Gasteiger partial charge on any atom is 0.328 e. The normalized spacial score (nSPS) is 11.9. The standard InChI is InChI=1S/C11H15NO4/c1-3-6-16-11(14)8(2)12-10(13)9-5-4-7-15-9/h4-5,7-8H,3,6H2,1-2H3,(H,12,13)/t8-/m1/s1. The Hall–Kier alpha value is -1.78. The van der Waals surface area contributed by atoms with Crippen LogP contribution in [0.1, 0.15) is 30.8 Å². The average Bonchev–Trinajstić information content (AvgIpc) is 2.79. The predicted molar refractivity (Wildman–Crippen MR) is 56.9 cm³/mol.